The SMILES string of the molecule is Cc1ocnc1CSCC(NC(=O)OCc1ccccc1)C(=O)O. The summed E-state index contributed by atoms with van der Waals surface area (Å²) in [4.78, 5) is 27.0. The fourth-order valence-electron chi connectivity index (χ4n) is 1.82. The third kappa shape index (κ3) is 5.62. The van der Waals surface area contributed by atoms with Crippen LogP contribution in [-0.2, 0) is 21.9 Å². The number of alkyl carbamates (subject to hydrolysis) is 1. The van der Waals surface area contributed by atoms with Gasteiger partial charge in [-0.1, -0.05) is 30.3 Å². The first kappa shape index (κ1) is 17.9. The fraction of sp³-hybridized carbons (Fsp3) is 0.312. The van der Waals surface area contributed by atoms with Crippen molar-refractivity contribution >= 4 is 23.8 Å². The summed E-state index contributed by atoms with van der Waals surface area (Å²) in [6.07, 6.45) is 0.587. The van der Waals surface area contributed by atoms with Crippen molar-refractivity contribution in [3.05, 3.63) is 53.7 Å². The zero-order valence-corrected chi connectivity index (χ0v) is 13.9. The van der Waals surface area contributed by atoms with Gasteiger partial charge < -0.3 is 19.6 Å². The second kappa shape index (κ2) is 8.97. The first-order valence-corrected chi connectivity index (χ1v) is 8.38. The van der Waals surface area contributed by atoms with Gasteiger partial charge in [-0.15, -0.1) is 0 Å². The van der Waals surface area contributed by atoms with Gasteiger partial charge in [0.2, 0.25) is 0 Å². The van der Waals surface area contributed by atoms with Crippen molar-refractivity contribution in [3.8, 4) is 0 Å². The van der Waals surface area contributed by atoms with Crippen LogP contribution in [0.4, 0.5) is 4.79 Å². The molecule has 0 aliphatic heterocycles. The highest BCUT2D eigenvalue weighted by Gasteiger charge is 2.21. The largest absolute Gasteiger partial charge is 0.480 e. The molecule has 0 bridgehead atoms. The van der Waals surface area contributed by atoms with E-state index in [4.69, 9.17) is 9.15 Å². The summed E-state index contributed by atoms with van der Waals surface area (Å²) in [7, 11) is 0. The predicted octanol–water partition coefficient (Wildman–Crippen LogP) is 2.60. The number of aliphatic carboxylic acids is 1. The lowest BCUT2D eigenvalue weighted by atomic mass is 10.2. The number of aromatic nitrogens is 1. The van der Waals surface area contributed by atoms with Gasteiger partial charge >= 0.3 is 12.1 Å². The zero-order valence-electron chi connectivity index (χ0n) is 13.1. The van der Waals surface area contributed by atoms with E-state index in [1.165, 1.54) is 18.2 Å². The molecule has 0 aliphatic rings. The summed E-state index contributed by atoms with van der Waals surface area (Å²) in [5, 5.41) is 11.6. The minimum Gasteiger partial charge on any atom is -0.480 e. The number of aryl methyl sites for hydroxylation is 1. The number of thioether (sulfide) groups is 1. The van der Waals surface area contributed by atoms with Crippen LogP contribution in [-0.4, -0.2) is 33.9 Å². The van der Waals surface area contributed by atoms with Gasteiger partial charge in [-0.2, -0.15) is 11.8 Å². The van der Waals surface area contributed by atoms with Crippen LogP contribution in [0.1, 0.15) is 17.0 Å². The number of rotatable bonds is 8. The van der Waals surface area contributed by atoms with Crippen molar-refractivity contribution in [1.82, 2.24) is 10.3 Å². The molecule has 1 unspecified atom stereocenters. The quantitative estimate of drug-likeness (QED) is 0.754. The summed E-state index contributed by atoms with van der Waals surface area (Å²) in [6, 6.07) is 8.12. The van der Waals surface area contributed by atoms with Gasteiger partial charge in [0.25, 0.3) is 0 Å². The predicted molar refractivity (Wildman–Crippen MR) is 88.6 cm³/mol. The lowest BCUT2D eigenvalue weighted by Gasteiger charge is -2.14. The zero-order chi connectivity index (χ0) is 17.4. The topological polar surface area (TPSA) is 102 Å². The summed E-state index contributed by atoms with van der Waals surface area (Å²) >= 11 is 1.34. The molecule has 1 amide bonds. The Hall–Kier alpha value is -2.48. The number of carboxylic acids is 1. The van der Waals surface area contributed by atoms with Crippen LogP contribution >= 0.6 is 11.8 Å². The molecule has 0 radical (unpaired) electrons. The Labute approximate surface area is 143 Å². The lowest BCUT2D eigenvalue weighted by molar-refractivity contribution is -0.138. The van der Waals surface area contributed by atoms with Crippen molar-refractivity contribution in [2.24, 2.45) is 0 Å². The number of hydrogen-bond acceptors (Lipinski definition) is 6. The molecule has 24 heavy (non-hydrogen) atoms. The molecule has 1 aromatic heterocycles. The van der Waals surface area contributed by atoms with Gasteiger partial charge in [-0.25, -0.2) is 14.6 Å². The number of nitrogens with zero attached hydrogens (tertiary/aromatic N) is 1. The second-order valence-corrected chi connectivity index (χ2v) is 6.00. The van der Waals surface area contributed by atoms with Gasteiger partial charge in [0.15, 0.2) is 6.39 Å². The van der Waals surface area contributed by atoms with E-state index in [1.807, 2.05) is 30.3 Å². The van der Waals surface area contributed by atoms with Crippen LogP contribution in [0.25, 0.3) is 0 Å². The van der Waals surface area contributed by atoms with Crippen LogP contribution in [0.5, 0.6) is 0 Å². The molecule has 1 atom stereocenters. The maximum Gasteiger partial charge on any atom is 0.408 e. The van der Waals surface area contributed by atoms with E-state index in [0.29, 0.717) is 11.5 Å². The Morgan fingerprint density at radius 1 is 1.38 bits per heavy atom. The molecule has 8 heteroatoms. The van der Waals surface area contributed by atoms with E-state index >= 15 is 0 Å². The minimum absolute atomic E-state index is 0.0876. The number of amides is 1. The Morgan fingerprint density at radius 2 is 2.12 bits per heavy atom. The number of ether oxygens (including phenoxy) is 1. The van der Waals surface area contributed by atoms with Crippen molar-refractivity contribution in [3.63, 3.8) is 0 Å². The molecule has 0 aliphatic carbocycles. The number of carboxylic acid groups (broad SMARTS) is 1. The molecule has 2 rings (SSSR count). The molecular weight excluding hydrogens is 332 g/mol. The second-order valence-electron chi connectivity index (χ2n) is 4.97. The molecule has 2 aromatic rings. The molecule has 0 spiro atoms. The van der Waals surface area contributed by atoms with Gasteiger partial charge in [0.1, 0.15) is 18.4 Å². The Kier molecular flexibility index (Phi) is 6.68. The van der Waals surface area contributed by atoms with E-state index in [9.17, 15) is 14.7 Å². The molecule has 0 saturated heterocycles. The third-order valence-electron chi connectivity index (χ3n) is 3.17. The summed E-state index contributed by atoms with van der Waals surface area (Å²) in [6.45, 7) is 1.88. The van der Waals surface area contributed by atoms with Crippen molar-refractivity contribution in [2.45, 2.75) is 25.3 Å². The monoisotopic (exact) mass is 350 g/mol. The molecule has 7 nitrogen and oxygen atoms in total. The molecule has 128 valence electrons. The number of oxazole rings is 1. The number of benzene rings is 1. The summed E-state index contributed by atoms with van der Waals surface area (Å²) in [5.74, 6) is 0.287. The standard InChI is InChI=1S/C16H18N2O5S/c1-11-13(17-10-23-11)8-24-9-14(15(19)20)18-16(21)22-7-12-5-3-2-4-6-12/h2-6,10,14H,7-9H2,1H3,(H,18,21)(H,19,20). The van der Waals surface area contributed by atoms with Gasteiger partial charge in [-0.05, 0) is 12.5 Å². The third-order valence-corrected chi connectivity index (χ3v) is 4.22. The molecular formula is C16H18N2O5S. The van der Waals surface area contributed by atoms with Crippen LogP contribution in [0.2, 0.25) is 0 Å². The van der Waals surface area contributed by atoms with Gasteiger partial charge in [0, 0.05) is 11.5 Å². The van der Waals surface area contributed by atoms with E-state index < -0.39 is 18.1 Å². The molecule has 2 N–H and O–H groups in total. The van der Waals surface area contributed by atoms with E-state index in [0.717, 1.165) is 11.3 Å². The highest BCUT2D eigenvalue weighted by Crippen LogP contribution is 2.15. The maximum atomic E-state index is 11.7. The van der Waals surface area contributed by atoms with Gasteiger partial charge in [0.05, 0.1) is 5.69 Å². The van der Waals surface area contributed by atoms with Crippen LogP contribution in [0, 0.1) is 6.92 Å². The van der Waals surface area contributed by atoms with Crippen LogP contribution < -0.4 is 5.32 Å². The first-order valence-electron chi connectivity index (χ1n) is 7.23. The Morgan fingerprint density at radius 3 is 2.75 bits per heavy atom. The summed E-state index contributed by atoms with van der Waals surface area (Å²) in [5.41, 5.74) is 1.59. The van der Waals surface area contributed by atoms with Crippen LogP contribution in [0.3, 0.4) is 0 Å². The fourth-order valence-corrected chi connectivity index (χ4v) is 2.87. The van der Waals surface area contributed by atoms with E-state index in [2.05, 4.69) is 10.3 Å². The first-order chi connectivity index (χ1) is 11.6. The van der Waals surface area contributed by atoms with Crippen molar-refractivity contribution in [2.75, 3.05) is 5.75 Å². The van der Waals surface area contributed by atoms with Crippen molar-refractivity contribution < 1.29 is 23.8 Å². The van der Waals surface area contributed by atoms with Crippen molar-refractivity contribution in [1.29, 1.82) is 0 Å². The highest BCUT2D eigenvalue weighted by molar-refractivity contribution is 7.98. The number of carbonyl (C=O) groups is 2. The Bertz CT molecular complexity index is 674. The smallest absolute Gasteiger partial charge is 0.408 e. The lowest BCUT2D eigenvalue weighted by Crippen LogP contribution is -2.42. The normalized spacial score (nSPS) is 11.7. The molecule has 1 aromatic carbocycles. The van der Waals surface area contributed by atoms with E-state index in [-0.39, 0.29) is 12.4 Å². The average molecular weight is 350 g/mol. The number of nitrogens with one attached hydrogen (secondary N) is 1. The number of carbonyl (C=O) groups excluding carboxylic acids is 1. The molecule has 0 fully saturated rings. The highest BCUT2D eigenvalue weighted by atomic mass is 32.2. The maximum absolute atomic E-state index is 11.7. The molecule has 1 heterocycles. The minimum atomic E-state index is -1.11. The number of hydrogen-bond donors (Lipinski definition) is 2. The average Bonchev–Trinajstić information content (AvgIpc) is 2.98. The summed E-state index contributed by atoms with van der Waals surface area (Å²) < 4.78 is 10.1. The molecule has 0 saturated carbocycles. The van der Waals surface area contributed by atoms with E-state index in [1.54, 1.807) is 6.92 Å². The van der Waals surface area contributed by atoms with Crippen LogP contribution in [0.15, 0.2) is 41.1 Å². The van der Waals surface area contributed by atoms with Gasteiger partial charge in [-0.3, -0.25) is 0 Å². The Balaban J connectivity index is 1.76.